The summed E-state index contributed by atoms with van der Waals surface area (Å²) in [5.41, 5.74) is 2.79. The molecule has 29 heavy (non-hydrogen) atoms. The van der Waals surface area contributed by atoms with Gasteiger partial charge in [0.25, 0.3) is 5.91 Å². The molecule has 1 atom stereocenters. The summed E-state index contributed by atoms with van der Waals surface area (Å²) in [6, 6.07) is 28.5. The van der Waals surface area contributed by atoms with Gasteiger partial charge in [-0.1, -0.05) is 91.0 Å². The molecule has 0 aliphatic heterocycles. The van der Waals surface area contributed by atoms with E-state index >= 15 is 0 Å². The first-order valence-corrected chi connectivity index (χ1v) is 9.47. The molecule has 0 aromatic heterocycles. The number of hydrogen-bond acceptors (Lipinski definition) is 3. The highest BCUT2D eigenvalue weighted by Gasteiger charge is 2.22. The van der Waals surface area contributed by atoms with Crippen LogP contribution in [0.4, 0.5) is 0 Å². The molecule has 0 radical (unpaired) electrons. The zero-order valence-electron chi connectivity index (χ0n) is 16.2. The van der Waals surface area contributed by atoms with Gasteiger partial charge in [0.15, 0.2) is 6.10 Å². The van der Waals surface area contributed by atoms with Crippen molar-refractivity contribution in [3.63, 3.8) is 0 Å². The quantitative estimate of drug-likeness (QED) is 0.480. The van der Waals surface area contributed by atoms with Gasteiger partial charge in [0.2, 0.25) is 0 Å². The molecule has 146 valence electrons. The molecular formula is C25H23NO3. The van der Waals surface area contributed by atoms with Crippen LogP contribution in [0.15, 0.2) is 97.1 Å². The fraction of sp³-hybridized carbons (Fsp3) is 0.120. The van der Waals surface area contributed by atoms with Crippen molar-refractivity contribution in [2.75, 3.05) is 0 Å². The minimum Gasteiger partial charge on any atom is -0.449 e. The van der Waals surface area contributed by atoms with Crippen LogP contribution in [0.2, 0.25) is 0 Å². The topological polar surface area (TPSA) is 55.4 Å². The van der Waals surface area contributed by atoms with Crippen molar-refractivity contribution in [3.8, 4) is 0 Å². The van der Waals surface area contributed by atoms with Crippen molar-refractivity contribution < 1.29 is 14.3 Å². The Kier molecular flexibility index (Phi) is 6.95. The highest BCUT2D eigenvalue weighted by molar-refractivity contribution is 5.90. The van der Waals surface area contributed by atoms with E-state index in [1.165, 1.54) is 6.08 Å². The third-order valence-corrected chi connectivity index (χ3v) is 4.43. The van der Waals surface area contributed by atoms with E-state index in [1.54, 1.807) is 13.0 Å². The summed E-state index contributed by atoms with van der Waals surface area (Å²) in [7, 11) is 0. The van der Waals surface area contributed by atoms with E-state index in [-0.39, 0.29) is 11.9 Å². The van der Waals surface area contributed by atoms with E-state index in [2.05, 4.69) is 5.32 Å². The van der Waals surface area contributed by atoms with Crippen molar-refractivity contribution in [2.24, 2.45) is 0 Å². The van der Waals surface area contributed by atoms with Crippen molar-refractivity contribution in [3.05, 3.63) is 114 Å². The van der Waals surface area contributed by atoms with Crippen LogP contribution in [-0.4, -0.2) is 18.0 Å². The molecule has 0 unspecified atom stereocenters. The Morgan fingerprint density at radius 2 is 1.28 bits per heavy atom. The van der Waals surface area contributed by atoms with Crippen LogP contribution in [-0.2, 0) is 14.3 Å². The molecule has 3 rings (SSSR count). The summed E-state index contributed by atoms with van der Waals surface area (Å²) in [5.74, 6) is -0.920. The lowest BCUT2D eigenvalue weighted by Gasteiger charge is -2.22. The van der Waals surface area contributed by atoms with Gasteiger partial charge in [0.1, 0.15) is 0 Å². The maximum atomic E-state index is 12.7. The van der Waals surface area contributed by atoms with Gasteiger partial charge < -0.3 is 10.1 Å². The van der Waals surface area contributed by atoms with E-state index in [9.17, 15) is 9.59 Å². The van der Waals surface area contributed by atoms with Crippen molar-refractivity contribution >= 4 is 18.0 Å². The Bertz CT molecular complexity index is 914. The molecule has 0 aliphatic carbocycles. The molecule has 1 N–H and O–H groups in total. The molecule has 0 saturated carbocycles. The van der Waals surface area contributed by atoms with Crippen LogP contribution in [0, 0.1) is 0 Å². The van der Waals surface area contributed by atoms with Gasteiger partial charge in [-0.2, -0.15) is 0 Å². The maximum Gasteiger partial charge on any atom is 0.331 e. The molecule has 4 heteroatoms. The van der Waals surface area contributed by atoms with Crippen molar-refractivity contribution in [1.29, 1.82) is 0 Å². The van der Waals surface area contributed by atoms with Crippen LogP contribution < -0.4 is 5.32 Å². The summed E-state index contributed by atoms with van der Waals surface area (Å²) in [6.07, 6.45) is 2.06. The van der Waals surface area contributed by atoms with E-state index in [0.29, 0.717) is 0 Å². The van der Waals surface area contributed by atoms with Gasteiger partial charge in [-0.3, -0.25) is 4.79 Å². The van der Waals surface area contributed by atoms with Crippen LogP contribution in [0.3, 0.4) is 0 Å². The number of rotatable bonds is 7. The van der Waals surface area contributed by atoms with Gasteiger partial charge in [0, 0.05) is 6.08 Å². The number of carbonyl (C=O) groups excluding carboxylic acids is 2. The molecule has 0 heterocycles. The number of esters is 1. The Labute approximate surface area is 170 Å². The number of ether oxygens (including phenoxy) is 1. The predicted octanol–water partition coefficient (Wildman–Crippen LogP) is 4.54. The SMILES string of the molecule is C[C@@H](OC(=O)/C=C/c1ccccc1)C(=O)NC(c1ccccc1)c1ccccc1. The van der Waals surface area contributed by atoms with Gasteiger partial charge in [-0.05, 0) is 29.7 Å². The van der Waals surface area contributed by atoms with Crippen molar-refractivity contribution in [1.82, 2.24) is 5.32 Å². The van der Waals surface area contributed by atoms with Gasteiger partial charge in [-0.15, -0.1) is 0 Å². The Hall–Kier alpha value is -3.66. The molecule has 0 aliphatic rings. The second-order valence-electron chi connectivity index (χ2n) is 6.59. The molecule has 0 spiro atoms. The molecule has 0 bridgehead atoms. The van der Waals surface area contributed by atoms with E-state index in [1.807, 2.05) is 91.0 Å². The number of benzene rings is 3. The van der Waals surface area contributed by atoms with E-state index < -0.39 is 12.1 Å². The number of carbonyl (C=O) groups is 2. The largest absolute Gasteiger partial charge is 0.449 e. The van der Waals surface area contributed by atoms with E-state index in [4.69, 9.17) is 4.74 Å². The summed E-state index contributed by atoms with van der Waals surface area (Å²) < 4.78 is 5.27. The lowest BCUT2D eigenvalue weighted by molar-refractivity contribution is -0.150. The van der Waals surface area contributed by atoms with Crippen molar-refractivity contribution in [2.45, 2.75) is 19.1 Å². The summed E-state index contributed by atoms with van der Waals surface area (Å²) >= 11 is 0. The molecular weight excluding hydrogens is 362 g/mol. The third-order valence-electron chi connectivity index (χ3n) is 4.43. The first-order valence-electron chi connectivity index (χ1n) is 9.47. The summed E-state index contributed by atoms with van der Waals surface area (Å²) in [6.45, 7) is 1.57. The fourth-order valence-electron chi connectivity index (χ4n) is 2.91. The van der Waals surface area contributed by atoms with Gasteiger partial charge in [-0.25, -0.2) is 4.79 Å². The molecule has 0 fully saturated rings. The van der Waals surface area contributed by atoms with Crippen LogP contribution in [0.5, 0.6) is 0 Å². The lowest BCUT2D eigenvalue weighted by Crippen LogP contribution is -2.38. The molecule has 3 aromatic carbocycles. The Balaban J connectivity index is 1.66. The number of nitrogens with one attached hydrogen (secondary N) is 1. The molecule has 4 nitrogen and oxygen atoms in total. The first kappa shape index (κ1) is 20.1. The standard InChI is InChI=1S/C25H23NO3/c1-19(29-23(27)18-17-20-11-5-2-6-12-20)25(28)26-24(21-13-7-3-8-14-21)22-15-9-4-10-16-22/h2-19,24H,1H3,(H,26,28)/b18-17+/t19-/m1/s1. The molecule has 1 amide bonds. The normalized spacial score (nSPS) is 11.9. The highest BCUT2D eigenvalue weighted by Crippen LogP contribution is 2.22. The zero-order valence-corrected chi connectivity index (χ0v) is 16.2. The minimum absolute atomic E-state index is 0.328. The summed E-state index contributed by atoms with van der Waals surface area (Å²) in [5, 5.41) is 2.99. The first-order chi connectivity index (χ1) is 14.1. The minimum atomic E-state index is -0.919. The molecule has 0 saturated heterocycles. The average molecular weight is 385 g/mol. The zero-order chi connectivity index (χ0) is 20.5. The second kappa shape index (κ2) is 10.0. The number of hydrogen-bond donors (Lipinski definition) is 1. The monoisotopic (exact) mass is 385 g/mol. The maximum absolute atomic E-state index is 12.7. The summed E-state index contributed by atoms with van der Waals surface area (Å²) in [4.78, 5) is 24.8. The Morgan fingerprint density at radius 3 is 1.79 bits per heavy atom. The van der Waals surface area contributed by atoms with Crippen LogP contribution in [0.1, 0.15) is 29.7 Å². The fourth-order valence-corrected chi connectivity index (χ4v) is 2.91. The third kappa shape index (κ3) is 5.91. The predicted molar refractivity (Wildman–Crippen MR) is 114 cm³/mol. The number of amides is 1. The average Bonchev–Trinajstić information content (AvgIpc) is 2.77. The lowest BCUT2D eigenvalue weighted by atomic mass is 9.98. The Morgan fingerprint density at radius 1 is 0.793 bits per heavy atom. The molecule has 3 aromatic rings. The van der Waals surface area contributed by atoms with E-state index in [0.717, 1.165) is 16.7 Å². The highest BCUT2D eigenvalue weighted by atomic mass is 16.5. The smallest absolute Gasteiger partial charge is 0.331 e. The van der Waals surface area contributed by atoms with Crippen LogP contribution >= 0.6 is 0 Å². The van der Waals surface area contributed by atoms with Gasteiger partial charge >= 0.3 is 5.97 Å². The van der Waals surface area contributed by atoms with Crippen LogP contribution in [0.25, 0.3) is 6.08 Å². The van der Waals surface area contributed by atoms with Gasteiger partial charge in [0.05, 0.1) is 6.04 Å². The second-order valence-corrected chi connectivity index (χ2v) is 6.59.